The van der Waals surface area contributed by atoms with Crippen molar-refractivity contribution >= 4 is 39.6 Å². The molecule has 1 N–H and O–H groups in total. The van der Waals surface area contributed by atoms with Crippen molar-refractivity contribution in [1.29, 1.82) is 0 Å². The van der Waals surface area contributed by atoms with E-state index in [1.54, 1.807) is 18.8 Å². The van der Waals surface area contributed by atoms with Crippen LogP contribution in [0.25, 0.3) is 10.8 Å². The van der Waals surface area contributed by atoms with Crippen molar-refractivity contribution in [3.63, 3.8) is 0 Å². The molecule has 0 aromatic heterocycles. The van der Waals surface area contributed by atoms with Gasteiger partial charge < -0.3 is 9.80 Å². The SMILES string of the molecule is C=C(C)CN1C(SCc2cccc3ccccc23)=NC2C1C(=O)NC(=O)N2C. The summed E-state index contributed by atoms with van der Waals surface area (Å²) in [5.41, 5.74) is 2.15. The third-order valence-electron chi connectivity index (χ3n) is 5.00. The number of urea groups is 1. The van der Waals surface area contributed by atoms with Crippen molar-refractivity contribution in [1.82, 2.24) is 15.1 Å². The molecule has 2 aromatic carbocycles. The van der Waals surface area contributed by atoms with E-state index in [4.69, 9.17) is 4.99 Å². The quantitative estimate of drug-likeness (QED) is 0.809. The Morgan fingerprint density at radius 2 is 1.96 bits per heavy atom. The van der Waals surface area contributed by atoms with E-state index in [9.17, 15) is 9.59 Å². The van der Waals surface area contributed by atoms with Crippen LogP contribution < -0.4 is 5.32 Å². The summed E-state index contributed by atoms with van der Waals surface area (Å²) >= 11 is 1.59. The summed E-state index contributed by atoms with van der Waals surface area (Å²) in [5.74, 6) is 0.421. The molecule has 0 aliphatic carbocycles. The van der Waals surface area contributed by atoms with Gasteiger partial charge in [0.2, 0.25) is 0 Å². The van der Waals surface area contributed by atoms with Crippen LogP contribution >= 0.6 is 11.8 Å². The summed E-state index contributed by atoms with van der Waals surface area (Å²) < 4.78 is 0. The number of carbonyl (C=O) groups excluding carboxylic acids is 2. The molecule has 28 heavy (non-hydrogen) atoms. The lowest BCUT2D eigenvalue weighted by Gasteiger charge is -2.36. The van der Waals surface area contributed by atoms with E-state index >= 15 is 0 Å². The highest BCUT2D eigenvalue weighted by Gasteiger charge is 2.48. The van der Waals surface area contributed by atoms with Crippen molar-refractivity contribution in [3.05, 3.63) is 60.2 Å². The number of benzene rings is 2. The number of hydrogen-bond acceptors (Lipinski definition) is 5. The van der Waals surface area contributed by atoms with Crippen LogP contribution in [-0.4, -0.2) is 52.7 Å². The number of aliphatic imine (C=N–C) groups is 1. The maximum atomic E-state index is 12.5. The number of fused-ring (bicyclic) bond motifs is 2. The van der Waals surface area contributed by atoms with Crippen LogP contribution in [-0.2, 0) is 10.5 Å². The van der Waals surface area contributed by atoms with Crippen molar-refractivity contribution in [3.8, 4) is 0 Å². The number of amides is 3. The molecule has 3 amide bonds. The van der Waals surface area contributed by atoms with Gasteiger partial charge in [0.15, 0.2) is 17.4 Å². The van der Waals surface area contributed by atoms with Gasteiger partial charge in [-0.25, -0.2) is 9.79 Å². The van der Waals surface area contributed by atoms with Crippen molar-refractivity contribution in [2.24, 2.45) is 4.99 Å². The minimum Gasteiger partial charge on any atom is -0.332 e. The Bertz CT molecular complexity index is 998. The molecule has 2 aromatic rings. The lowest BCUT2D eigenvalue weighted by Crippen LogP contribution is -2.63. The molecular formula is C21H22N4O2S. The molecule has 2 unspecified atom stereocenters. The standard InChI is InChI=1S/C21H22N4O2S/c1-13(2)11-25-17-18(24(3)20(27)23-19(17)26)22-21(25)28-12-15-9-6-8-14-7-4-5-10-16(14)15/h4-10,17-18H,1,11-12H2,2-3H3,(H,23,26,27). The van der Waals surface area contributed by atoms with Gasteiger partial charge in [-0.05, 0) is 23.3 Å². The fourth-order valence-corrected chi connectivity index (χ4v) is 4.70. The van der Waals surface area contributed by atoms with E-state index < -0.39 is 18.2 Å². The van der Waals surface area contributed by atoms with Gasteiger partial charge in [0.25, 0.3) is 5.91 Å². The molecule has 1 fully saturated rings. The van der Waals surface area contributed by atoms with E-state index in [0.717, 1.165) is 16.5 Å². The van der Waals surface area contributed by atoms with Gasteiger partial charge in [0, 0.05) is 19.3 Å². The molecule has 0 radical (unpaired) electrons. The van der Waals surface area contributed by atoms with Crippen LogP contribution in [0.5, 0.6) is 0 Å². The number of nitrogens with one attached hydrogen (secondary N) is 1. The first kappa shape index (κ1) is 18.6. The van der Waals surface area contributed by atoms with E-state index in [1.807, 2.05) is 24.0 Å². The molecule has 144 valence electrons. The first-order valence-corrected chi connectivity index (χ1v) is 10.1. The second-order valence-corrected chi connectivity index (χ2v) is 8.13. The van der Waals surface area contributed by atoms with E-state index in [0.29, 0.717) is 6.54 Å². The van der Waals surface area contributed by atoms with Crippen LogP contribution in [0, 0.1) is 0 Å². The molecule has 2 aliphatic heterocycles. The maximum Gasteiger partial charge on any atom is 0.325 e. The molecule has 2 aliphatic rings. The average molecular weight is 395 g/mol. The van der Waals surface area contributed by atoms with Gasteiger partial charge in [-0.3, -0.25) is 10.1 Å². The smallest absolute Gasteiger partial charge is 0.325 e. The number of likely N-dealkylation sites (N-methyl/N-ethyl adjacent to an activating group) is 1. The van der Waals surface area contributed by atoms with Crippen LogP contribution in [0.2, 0.25) is 0 Å². The van der Waals surface area contributed by atoms with Crippen molar-refractivity contribution < 1.29 is 9.59 Å². The number of hydrogen-bond donors (Lipinski definition) is 1. The summed E-state index contributed by atoms with van der Waals surface area (Å²) in [4.78, 5) is 32.7. The van der Waals surface area contributed by atoms with Crippen LogP contribution in [0.3, 0.4) is 0 Å². The lowest BCUT2D eigenvalue weighted by molar-refractivity contribution is -0.126. The summed E-state index contributed by atoms with van der Waals surface area (Å²) in [6.07, 6.45) is -0.504. The number of imide groups is 1. The zero-order valence-electron chi connectivity index (χ0n) is 15.9. The number of amidine groups is 1. The fourth-order valence-electron chi connectivity index (χ4n) is 3.64. The average Bonchev–Trinajstić information content (AvgIpc) is 3.03. The predicted molar refractivity (Wildman–Crippen MR) is 113 cm³/mol. The second kappa shape index (κ2) is 7.31. The largest absolute Gasteiger partial charge is 0.332 e. The van der Waals surface area contributed by atoms with Gasteiger partial charge in [-0.2, -0.15) is 0 Å². The first-order valence-electron chi connectivity index (χ1n) is 9.11. The Kier molecular flexibility index (Phi) is 4.85. The minimum absolute atomic E-state index is 0.307. The highest BCUT2D eigenvalue weighted by Crippen LogP contribution is 2.31. The predicted octanol–water partition coefficient (Wildman–Crippen LogP) is 3.20. The van der Waals surface area contributed by atoms with Gasteiger partial charge in [0.1, 0.15) is 0 Å². The second-order valence-electron chi connectivity index (χ2n) is 7.19. The van der Waals surface area contributed by atoms with E-state index in [-0.39, 0.29) is 5.91 Å². The Morgan fingerprint density at radius 3 is 2.75 bits per heavy atom. The lowest BCUT2D eigenvalue weighted by atomic mass is 10.1. The molecule has 2 heterocycles. The Balaban J connectivity index is 1.62. The van der Waals surface area contributed by atoms with Crippen LogP contribution in [0.15, 0.2) is 59.6 Å². The molecule has 0 bridgehead atoms. The molecule has 7 heteroatoms. The highest BCUT2D eigenvalue weighted by atomic mass is 32.2. The van der Waals surface area contributed by atoms with Crippen LogP contribution in [0.1, 0.15) is 12.5 Å². The zero-order valence-corrected chi connectivity index (χ0v) is 16.7. The summed E-state index contributed by atoms with van der Waals surface area (Å²) in [6, 6.07) is 13.6. The minimum atomic E-state index is -0.519. The monoisotopic (exact) mass is 394 g/mol. The third-order valence-corrected chi connectivity index (χ3v) is 6.05. The number of thioether (sulfide) groups is 1. The summed E-state index contributed by atoms with van der Waals surface area (Å²) in [7, 11) is 1.67. The van der Waals surface area contributed by atoms with Crippen LogP contribution in [0.4, 0.5) is 4.79 Å². The number of carbonyl (C=O) groups is 2. The number of rotatable bonds is 4. The van der Waals surface area contributed by atoms with Gasteiger partial charge in [0.05, 0.1) is 0 Å². The van der Waals surface area contributed by atoms with E-state index in [1.165, 1.54) is 21.2 Å². The summed E-state index contributed by atoms with van der Waals surface area (Å²) in [5, 5.41) is 5.60. The van der Waals surface area contributed by atoms with Gasteiger partial charge in [-0.15, -0.1) is 0 Å². The topological polar surface area (TPSA) is 65.0 Å². The molecular weight excluding hydrogens is 372 g/mol. The van der Waals surface area contributed by atoms with E-state index in [2.05, 4.69) is 42.2 Å². The Morgan fingerprint density at radius 1 is 1.21 bits per heavy atom. The third kappa shape index (κ3) is 3.26. The molecule has 6 nitrogen and oxygen atoms in total. The molecule has 2 atom stereocenters. The first-order chi connectivity index (χ1) is 13.5. The molecule has 4 rings (SSSR count). The Labute approximate surface area is 168 Å². The fraction of sp³-hybridized carbons (Fsp3) is 0.286. The highest BCUT2D eigenvalue weighted by molar-refractivity contribution is 8.13. The van der Waals surface area contributed by atoms with Crippen molar-refractivity contribution in [2.75, 3.05) is 13.6 Å². The summed E-state index contributed by atoms with van der Waals surface area (Å²) in [6.45, 7) is 6.44. The normalized spacial score (nSPS) is 21.6. The van der Waals surface area contributed by atoms with Gasteiger partial charge >= 0.3 is 6.03 Å². The molecule has 0 saturated carbocycles. The Hall–Kier alpha value is -2.80. The molecule has 1 saturated heterocycles. The zero-order chi connectivity index (χ0) is 19.8. The van der Waals surface area contributed by atoms with Crippen molar-refractivity contribution in [2.45, 2.75) is 24.9 Å². The molecule has 0 spiro atoms. The maximum absolute atomic E-state index is 12.5. The van der Waals surface area contributed by atoms with Gasteiger partial charge in [-0.1, -0.05) is 66.4 Å². The number of nitrogens with zero attached hydrogens (tertiary/aromatic N) is 3.